The van der Waals surface area contributed by atoms with E-state index in [1.165, 1.54) is 17.7 Å². The van der Waals surface area contributed by atoms with Crippen molar-refractivity contribution in [2.75, 3.05) is 6.54 Å². The van der Waals surface area contributed by atoms with E-state index in [4.69, 9.17) is 4.74 Å². The fourth-order valence-electron chi connectivity index (χ4n) is 4.00. The number of fused-ring (bicyclic) bond motifs is 1. The largest absolute Gasteiger partial charge is 0.442 e. The Morgan fingerprint density at radius 2 is 1.71 bits per heavy atom. The van der Waals surface area contributed by atoms with Crippen molar-refractivity contribution in [1.82, 2.24) is 14.7 Å². The lowest BCUT2D eigenvalue weighted by molar-refractivity contribution is -0.157. The fraction of sp³-hybridized carbons (Fsp3) is 0.385. The number of halogens is 3. The normalized spacial score (nSPS) is 14.6. The number of benzene rings is 2. The second kappa shape index (κ2) is 9.25. The van der Waals surface area contributed by atoms with Gasteiger partial charge in [-0.3, -0.25) is 9.69 Å². The minimum Gasteiger partial charge on any atom is -0.442 e. The lowest BCUT2D eigenvalue weighted by Gasteiger charge is -2.28. The molecule has 0 fully saturated rings. The molecule has 0 spiro atoms. The number of rotatable bonds is 5. The maximum atomic E-state index is 13.0. The third kappa shape index (κ3) is 5.33. The van der Waals surface area contributed by atoms with Crippen molar-refractivity contribution in [3.05, 3.63) is 77.0 Å². The summed E-state index contributed by atoms with van der Waals surface area (Å²) < 4.78 is 46.2. The van der Waals surface area contributed by atoms with E-state index in [2.05, 4.69) is 22.1 Å². The first-order valence-electron chi connectivity index (χ1n) is 11.2. The van der Waals surface area contributed by atoms with E-state index < -0.39 is 17.2 Å². The summed E-state index contributed by atoms with van der Waals surface area (Å²) in [5, 5.41) is 4.68. The highest BCUT2D eigenvalue weighted by Gasteiger charge is 2.31. The standard InChI is InChI=1S/C26H28F3N3O2/c1-25(2,3)24(33)34-17-32-22-16-31(15-18-7-5-4-6-8-18)14-13-21(22)23(30-32)19-9-11-20(12-10-19)26(27,28)29/h4-12H,13-17H2,1-3H3. The van der Waals surface area contributed by atoms with Crippen LogP contribution in [-0.4, -0.2) is 27.2 Å². The molecule has 34 heavy (non-hydrogen) atoms. The number of hydrogen-bond donors (Lipinski definition) is 0. The average Bonchev–Trinajstić information content (AvgIpc) is 3.15. The van der Waals surface area contributed by atoms with Crippen molar-refractivity contribution in [3.8, 4) is 11.3 Å². The maximum absolute atomic E-state index is 13.0. The maximum Gasteiger partial charge on any atom is 0.416 e. The van der Waals surface area contributed by atoms with E-state index in [0.717, 1.165) is 36.5 Å². The van der Waals surface area contributed by atoms with E-state index in [1.54, 1.807) is 25.5 Å². The Kier molecular flexibility index (Phi) is 6.53. The van der Waals surface area contributed by atoms with Crippen LogP contribution in [0, 0.1) is 5.41 Å². The molecule has 0 bridgehead atoms. The van der Waals surface area contributed by atoms with Crippen LogP contribution in [0.1, 0.15) is 43.2 Å². The molecule has 0 aliphatic carbocycles. The number of nitrogens with zero attached hydrogens (tertiary/aromatic N) is 3. The molecule has 2 aromatic carbocycles. The van der Waals surface area contributed by atoms with Gasteiger partial charge in [0.2, 0.25) is 0 Å². The molecule has 0 amide bonds. The zero-order valence-corrected chi connectivity index (χ0v) is 19.5. The van der Waals surface area contributed by atoms with Gasteiger partial charge in [-0.25, -0.2) is 4.68 Å². The van der Waals surface area contributed by atoms with Crippen molar-refractivity contribution >= 4 is 5.97 Å². The Bertz CT molecular complexity index is 1150. The number of carbonyl (C=O) groups is 1. The predicted molar refractivity (Wildman–Crippen MR) is 122 cm³/mol. The van der Waals surface area contributed by atoms with Crippen molar-refractivity contribution < 1.29 is 22.7 Å². The second-order valence-electron chi connectivity index (χ2n) is 9.61. The highest BCUT2D eigenvalue weighted by Crippen LogP contribution is 2.34. The van der Waals surface area contributed by atoms with E-state index >= 15 is 0 Å². The number of carbonyl (C=O) groups excluding carboxylic acids is 1. The molecule has 0 N–H and O–H groups in total. The number of esters is 1. The Hall–Kier alpha value is -3.13. The lowest BCUT2D eigenvalue weighted by atomic mass is 9.97. The summed E-state index contributed by atoms with van der Waals surface area (Å²) in [6, 6.07) is 15.2. The Morgan fingerprint density at radius 1 is 1.03 bits per heavy atom. The van der Waals surface area contributed by atoms with Crippen LogP contribution in [0.5, 0.6) is 0 Å². The van der Waals surface area contributed by atoms with Crippen molar-refractivity contribution in [2.24, 2.45) is 5.41 Å². The first-order valence-corrected chi connectivity index (χ1v) is 11.2. The number of hydrogen-bond acceptors (Lipinski definition) is 4. The average molecular weight is 472 g/mol. The zero-order valence-electron chi connectivity index (χ0n) is 19.5. The molecule has 0 unspecified atom stereocenters. The van der Waals surface area contributed by atoms with Crippen LogP contribution in [0.25, 0.3) is 11.3 Å². The monoisotopic (exact) mass is 471 g/mol. The van der Waals surface area contributed by atoms with Gasteiger partial charge < -0.3 is 4.74 Å². The number of aromatic nitrogens is 2. The summed E-state index contributed by atoms with van der Waals surface area (Å²) in [5.74, 6) is -0.343. The molecule has 4 rings (SSSR count). The minimum atomic E-state index is -4.39. The molecular formula is C26H28F3N3O2. The summed E-state index contributed by atoms with van der Waals surface area (Å²) in [4.78, 5) is 14.6. The van der Waals surface area contributed by atoms with Gasteiger partial charge in [0.15, 0.2) is 6.73 Å². The smallest absolute Gasteiger partial charge is 0.416 e. The lowest BCUT2D eigenvalue weighted by Crippen LogP contribution is -2.32. The summed E-state index contributed by atoms with van der Waals surface area (Å²) >= 11 is 0. The van der Waals surface area contributed by atoms with Crippen LogP contribution in [0.15, 0.2) is 54.6 Å². The Labute approximate surface area is 197 Å². The molecule has 1 aliphatic heterocycles. The van der Waals surface area contributed by atoms with Gasteiger partial charge in [0.05, 0.1) is 22.4 Å². The van der Waals surface area contributed by atoms with Crippen LogP contribution in [-0.2, 0) is 41.9 Å². The molecule has 5 nitrogen and oxygen atoms in total. The molecule has 180 valence electrons. The molecule has 8 heteroatoms. The van der Waals surface area contributed by atoms with Gasteiger partial charge in [-0.2, -0.15) is 18.3 Å². The van der Waals surface area contributed by atoms with Crippen molar-refractivity contribution in [2.45, 2.75) is 53.2 Å². The SMILES string of the molecule is CC(C)(C)C(=O)OCn1nc(-c2ccc(C(F)(F)F)cc2)c2c1CN(Cc1ccccc1)CC2. The highest BCUT2D eigenvalue weighted by molar-refractivity contribution is 5.75. The summed E-state index contributed by atoms with van der Waals surface area (Å²) in [5.41, 5.74) is 2.99. The molecule has 0 saturated carbocycles. The van der Waals surface area contributed by atoms with Gasteiger partial charge >= 0.3 is 12.1 Å². The third-order valence-electron chi connectivity index (χ3n) is 5.88. The Balaban J connectivity index is 1.64. The van der Waals surface area contributed by atoms with Crippen molar-refractivity contribution in [1.29, 1.82) is 0 Å². The quantitative estimate of drug-likeness (QED) is 0.450. The number of alkyl halides is 3. The molecular weight excluding hydrogens is 443 g/mol. The van der Waals surface area contributed by atoms with Crippen LogP contribution in [0.2, 0.25) is 0 Å². The first kappa shape index (κ1) is 24.0. The van der Waals surface area contributed by atoms with Gasteiger partial charge in [0.25, 0.3) is 0 Å². The topological polar surface area (TPSA) is 47.4 Å². The molecule has 3 aromatic rings. The molecule has 0 saturated heterocycles. The van der Waals surface area contributed by atoms with E-state index in [1.807, 2.05) is 18.2 Å². The predicted octanol–water partition coefficient (Wildman–Crippen LogP) is 5.67. The van der Waals surface area contributed by atoms with Crippen LogP contribution >= 0.6 is 0 Å². The summed E-state index contributed by atoms with van der Waals surface area (Å²) in [6.07, 6.45) is -3.69. The van der Waals surface area contributed by atoms with Crippen molar-refractivity contribution in [3.63, 3.8) is 0 Å². The summed E-state index contributed by atoms with van der Waals surface area (Å²) in [7, 11) is 0. The van der Waals surface area contributed by atoms with E-state index in [9.17, 15) is 18.0 Å². The molecule has 0 atom stereocenters. The number of ether oxygens (including phenoxy) is 1. The van der Waals surface area contributed by atoms with Gasteiger partial charge in [0.1, 0.15) is 0 Å². The third-order valence-corrected chi connectivity index (χ3v) is 5.88. The van der Waals surface area contributed by atoms with Crippen LogP contribution in [0.3, 0.4) is 0 Å². The second-order valence-corrected chi connectivity index (χ2v) is 9.61. The highest BCUT2D eigenvalue weighted by atomic mass is 19.4. The van der Waals surface area contributed by atoms with E-state index in [0.29, 0.717) is 24.2 Å². The van der Waals surface area contributed by atoms with Crippen LogP contribution in [0.4, 0.5) is 13.2 Å². The molecule has 1 aromatic heterocycles. The minimum absolute atomic E-state index is 0.0434. The molecule has 0 radical (unpaired) electrons. The first-order chi connectivity index (χ1) is 16.0. The molecule has 2 heterocycles. The van der Waals surface area contributed by atoms with Crippen LogP contribution < -0.4 is 0 Å². The Morgan fingerprint density at radius 3 is 2.32 bits per heavy atom. The van der Waals surface area contributed by atoms with E-state index in [-0.39, 0.29) is 12.7 Å². The summed E-state index contributed by atoms with van der Waals surface area (Å²) in [6.45, 7) is 7.46. The zero-order chi connectivity index (χ0) is 24.5. The molecule has 1 aliphatic rings. The van der Waals surface area contributed by atoms with Gasteiger partial charge in [-0.15, -0.1) is 0 Å². The fourth-order valence-corrected chi connectivity index (χ4v) is 4.00. The van der Waals surface area contributed by atoms with Gasteiger partial charge in [-0.05, 0) is 44.9 Å². The van der Waals surface area contributed by atoms with Gasteiger partial charge in [-0.1, -0.05) is 42.5 Å². The van der Waals surface area contributed by atoms with Gasteiger partial charge in [0, 0.05) is 30.8 Å².